The molecule has 6 fully saturated rings. The van der Waals surface area contributed by atoms with Crippen molar-refractivity contribution in [3.8, 4) is 16.9 Å². The lowest BCUT2D eigenvalue weighted by atomic mass is 9.41. The first-order valence-corrected chi connectivity index (χ1v) is 15.3. The number of rotatable bonds is 9. The monoisotopic (exact) mass is 557 g/mol. The van der Waals surface area contributed by atoms with Gasteiger partial charge in [0, 0.05) is 23.6 Å². The smallest absolute Gasteiger partial charge is 0.233 e. The number of hydrogen-bond donors (Lipinski definition) is 0. The van der Waals surface area contributed by atoms with E-state index in [4.69, 9.17) is 14.2 Å². The fourth-order valence-corrected chi connectivity index (χ4v) is 8.08. The van der Waals surface area contributed by atoms with Gasteiger partial charge in [0.25, 0.3) is 0 Å². The van der Waals surface area contributed by atoms with Gasteiger partial charge in [-0.15, -0.1) is 0 Å². The van der Waals surface area contributed by atoms with E-state index in [1.807, 2.05) is 36.1 Å². The molecule has 0 N–H and O–H groups in total. The van der Waals surface area contributed by atoms with Gasteiger partial charge in [-0.25, -0.2) is 4.39 Å². The Balaban J connectivity index is 1.15. The predicted octanol–water partition coefficient (Wildman–Crippen LogP) is 7.78. The molecule has 1 aromatic heterocycles. The lowest BCUT2D eigenvalue weighted by molar-refractivity contribution is -0.211. The highest BCUT2D eigenvalue weighted by Crippen LogP contribution is 2.70. The first kappa shape index (κ1) is 26.7. The van der Waals surface area contributed by atoms with Gasteiger partial charge in [0.15, 0.2) is 5.82 Å². The van der Waals surface area contributed by atoms with E-state index in [1.54, 1.807) is 0 Å². The van der Waals surface area contributed by atoms with Gasteiger partial charge in [-0.05, 0) is 106 Å². The third-order valence-electron chi connectivity index (χ3n) is 10.6. The number of carbonyl (C=O) groups excluding carboxylic acids is 1. The van der Waals surface area contributed by atoms with Crippen molar-refractivity contribution in [3.63, 3.8) is 0 Å². The van der Waals surface area contributed by atoms with Crippen LogP contribution in [0.4, 0.5) is 10.1 Å². The van der Waals surface area contributed by atoms with Crippen LogP contribution in [0.15, 0.2) is 53.1 Å². The SMILES string of the molecule is CCOc1ccc(-c2cccc(N(CC34CCC(c5noc(C(C)C)n5)(CC3)CC4)C(=O)C34CC(F)(C3)C4)c2)cc1. The van der Waals surface area contributed by atoms with E-state index in [9.17, 15) is 9.18 Å². The molecule has 1 heterocycles. The average Bonchev–Trinajstić information content (AvgIpc) is 3.47. The maximum absolute atomic E-state index is 14.6. The van der Waals surface area contributed by atoms with Crippen molar-refractivity contribution in [3.05, 3.63) is 60.2 Å². The minimum atomic E-state index is -1.11. The zero-order valence-corrected chi connectivity index (χ0v) is 24.4. The minimum Gasteiger partial charge on any atom is -0.494 e. The third-order valence-corrected chi connectivity index (χ3v) is 10.6. The van der Waals surface area contributed by atoms with Crippen LogP contribution in [0.3, 0.4) is 0 Å². The molecule has 6 nitrogen and oxygen atoms in total. The standard InChI is InChI=1S/C34H40FN3O3/c1-4-40-27-10-8-24(9-11-27)25-6-5-7-26(18-25)38(30(39)33-19-34(35,20-33)21-33)22-31-12-15-32(16-13-31,17-14-31)29-36-28(23(2)3)41-37-29/h5-11,18,23H,4,12-17,19-22H2,1-3H3. The van der Waals surface area contributed by atoms with E-state index in [-0.39, 0.29) is 22.7 Å². The first-order valence-electron chi connectivity index (χ1n) is 15.3. The maximum Gasteiger partial charge on any atom is 0.233 e. The quantitative estimate of drug-likeness (QED) is 0.269. The van der Waals surface area contributed by atoms with Crippen molar-refractivity contribution < 1.29 is 18.4 Å². The van der Waals surface area contributed by atoms with Crippen molar-refractivity contribution in [2.24, 2.45) is 10.8 Å². The highest BCUT2D eigenvalue weighted by Gasteiger charge is 2.73. The second-order valence-electron chi connectivity index (χ2n) is 13.8. The Hall–Kier alpha value is -3.22. The number of aromatic nitrogens is 2. The summed E-state index contributed by atoms with van der Waals surface area (Å²) in [6.45, 7) is 7.44. The number of anilines is 1. The van der Waals surface area contributed by atoms with Gasteiger partial charge < -0.3 is 14.2 Å². The molecule has 1 amide bonds. The van der Waals surface area contributed by atoms with E-state index < -0.39 is 11.1 Å². The van der Waals surface area contributed by atoms with Crippen molar-refractivity contribution in [2.45, 2.75) is 95.6 Å². The van der Waals surface area contributed by atoms with E-state index in [0.717, 1.165) is 66.9 Å². The molecule has 0 saturated heterocycles. The van der Waals surface area contributed by atoms with Crippen LogP contribution in [0, 0.1) is 10.8 Å². The largest absolute Gasteiger partial charge is 0.494 e. The molecular formula is C34H40FN3O3. The molecule has 9 rings (SSSR count). The molecule has 0 unspecified atom stereocenters. The summed E-state index contributed by atoms with van der Waals surface area (Å²) in [4.78, 5) is 21.0. The Kier molecular flexibility index (Phi) is 6.11. The summed E-state index contributed by atoms with van der Waals surface area (Å²) >= 11 is 0. The number of ether oxygens (including phenoxy) is 1. The second kappa shape index (κ2) is 9.40. The van der Waals surface area contributed by atoms with E-state index in [2.05, 4.69) is 43.3 Å². The van der Waals surface area contributed by atoms with E-state index in [0.29, 0.717) is 38.3 Å². The Morgan fingerprint density at radius 2 is 1.68 bits per heavy atom. The van der Waals surface area contributed by atoms with Crippen LogP contribution >= 0.6 is 0 Å². The zero-order valence-electron chi connectivity index (χ0n) is 24.4. The number of carbonyl (C=O) groups is 1. The Morgan fingerprint density at radius 1 is 1.00 bits per heavy atom. The molecule has 0 spiro atoms. The number of alkyl halides is 1. The fourth-order valence-electron chi connectivity index (χ4n) is 8.08. The Labute approximate surface area is 241 Å². The van der Waals surface area contributed by atoms with Crippen LogP contribution in [-0.2, 0) is 10.2 Å². The lowest BCUT2D eigenvalue weighted by Gasteiger charge is -2.65. The summed E-state index contributed by atoms with van der Waals surface area (Å²) in [6.07, 6.45) is 7.24. The summed E-state index contributed by atoms with van der Waals surface area (Å²) in [5.74, 6) is 2.76. The zero-order chi connectivity index (χ0) is 28.5. The molecule has 3 aromatic rings. The highest BCUT2D eigenvalue weighted by atomic mass is 19.1. The molecule has 0 radical (unpaired) electrons. The van der Waals surface area contributed by atoms with Crippen LogP contribution < -0.4 is 9.64 Å². The number of halogens is 1. The van der Waals surface area contributed by atoms with Crippen molar-refractivity contribution >= 4 is 11.6 Å². The molecule has 0 aliphatic heterocycles. The molecular weight excluding hydrogens is 517 g/mol. The molecule has 41 heavy (non-hydrogen) atoms. The first-order chi connectivity index (χ1) is 19.7. The van der Waals surface area contributed by atoms with Crippen molar-refractivity contribution in [1.82, 2.24) is 10.1 Å². The number of hydrogen-bond acceptors (Lipinski definition) is 5. The van der Waals surface area contributed by atoms with Gasteiger partial charge in [-0.3, -0.25) is 4.79 Å². The van der Waals surface area contributed by atoms with Gasteiger partial charge >= 0.3 is 0 Å². The summed E-state index contributed by atoms with van der Waals surface area (Å²) in [6, 6.07) is 16.4. The summed E-state index contributed by atoms with van der Waals surface area (Å²) < 4.78 is 25.8. The van der Waals surface area contributed by atoms with Crippen LogP contribution in [0.1, 0.15) is 96.2 Å². The van der Waals surface area contributed by atoms with E-state index >= 15 is 0 Å². The Morgan fingerprint density at radius 3 is 2.27 bits per heavy atom. The van der Waals surface area contributed by atoms with Crippen LogP contribution in [0.25, 0.3) is 11.1 Å². The summed E-state index contributed by atoms with van der Waals surface area (Å²) in [5.41, 5.74) is 1.45. The van der Waals surface area contributed by atoms with Crippen LogP contribution in [-0.4, -0.2) is 34.9 Å². The van der Waals surface area contributed by atoms with Crippen LogP contribution in [0.5, 0.6) is 5.75 Å². The van der Waals surface area contributed by atoms with Crippen molar-refractivity contribution in [1.29, 1.82) is 0 Å². The number of nitrogens with zero attached hydrogens (tertiary/aromatic N) is 3. The minimum absolute atomic E-state index is 0.0186. The number of benzene rings is 2. The lowest BCUT2D eigenvalue weighted by Crippen LogP contribution is -2.71. The second-order valence-corrected chi connectivity index (χ2v) is 13.8. The topological polar surface area (TPSA) is 68.5 Å². The summed E-state index contributed by atoms with van der Waals surface area (Å²) in [5, 5.41) is 4.41. The molecule has 216 valence electrons. The molecule has 6 aliphatic rings. The van der Waals surface area contributed by atoms with Gasteiger partial charge in [-0.1, -0.05) is 43.3 Å². The molecule has 6 saturated carbocycles. The number of amides is 1. The van der Waals surface area contributed by atoms with E-state index in [1.165, 1.54) is 0 Å². The maximum atomic E-state index is 14.6. The van der Waals surface area contributed by atoms with Crippen molar-refractivity contribution in [2.75, 3.05) is 18.1 Å². The molecule has 7 heteroatoms. The Bertz CT molecular complexity index is 1420. The number of fused-ring (bicyclic) bond motifs is 3. The highest BCUT2D eigenvalue weighted by molar-refractivity contribution is 6.00. The fraction of sp³-hybridized carbons (Fsp3) is 0.559. The summed E-state index contributed by atoms with van der Waals surface area (Å²) in [7, 11) is 0. The molecule has 0 atom stereocenters. The third kappa shape index (κ3) is 4.38. The van der Waals surface area contributed by atoms with Gasteiger partial charge in [0.05, 0.1) is 12.0 Å². The van der Waals surface area contributed by atoms with Crippen LogP contribution in [0.2, 0.25) is 0 Å². The molecule has 2 aromatic carbocycles. The predicted molar refractivity (Wildman–Crippen MR) is 156 cm³/mol. The normalized spacial score (nSPS) is 31.4. The van der Waals surface area contributed by atoms with Gasteiger partial charge in [0.1, 0.15) is 11.4 Å². The molecule has 6 aliphatic carbocycles. The van der Waals surface area contributed by atoms with Gasteiger partial charge in [0.2, 0.25) is 11.8 Å². The average molecular weight is 558 g/mol. The van der Waals surface area contributed by atoms with Gasteiger partial charge in [-0.2, -0.15) is 4.98 Å². The molecule has 4 bridgehead atoms.